The number of nitrogens with one attached hydrogen (secondary N) is 1. The number of hydrogen-bond donors (Lipinski definition) is 2. The zero-order valence-electron chi connectivity index (χ0n) is 13.2. The summed E-state index contributed by atoms with van der Waals surface area (Å²) < 4.78 is 0. The first-order chi connectivity index (χ1) is 9.49. The summed E-state index contributed by atoms with van der Waals surface area (Å²) in [6, 6.07) is 8.09. The van der Waals surface area contributed by atoms with Crippen LogP contribution in [0.15, 0.2) is 24.3 Å². The number of aliphatic hydroxyl groups excluding tert-OH is 1. The van der Waals surface area contributed by atoms with E-state index in [1.54, 1.807) is 0 Å². The van der Waals surface area contributed by atoms with Gasteiger partial charge >= 0.3 is 0 Å². The van der Waals surface area contributed by atoms with Gasteiger partial charge in [-0.15, -0.1) is 0 Å². The van der Waals surface area contributed by atoms with Crippen LogP contribution in [0.2, 0.25) is 0 Å². The predicted molar refractivity (Wildman–Crippen MR) is 85.8 cm³/mol. The van der Waals surface area contributed by atoms with Crippen LogP contribution in [0.3, 0.4) is 0 Å². The Bertz CT molecular complexity index is 396. The van der Waals surface area contributed by atoms with E-state index in [9.17, 15) is 0 Å². The molecule has 1 saturated carbocycles. The molecule has 2 rings (SSSR count). The molecular weight excluding hydrogens is 246 g/mol. The molecule has 2 heteroatoms. The highest BCUT2D eigenvalue weighted by Gasteiger charge is 2.29. The molecule has 20 heavy (non-hydrogen) atoms. The lowest BCUT2D eigenvalue weighted by Crippen LogP contribution is -2.28. The van der Waals surface area contributed by atoms with E-state index in [0.717, 1.165) is 23.9 Å². The summed E-state index contributed by atoms with van der Waals surface area (Å²) in [5.41, 5.74) is 2.61. The number of hydrogen-bond acceptors (Lipinski definition) is 2. The first-order valence-electron chi connectivity index (χ1n) is 7.92. The standard InChI is InChI=1S/C18H29NO/c1-18(2,3)16-8-4-14(5-9-16)12-19-17-10-6-15(13-20)7-11-17/h6-7,10-11,14,16,19-20H,4-5,8-9,12-13H2,1-3H3. The molecule has 0 spiro atoms. The molecule has 2 nitrogen and oxygen atoms in total. The topological polar surface area (TPSA) is 32.3 Å². The second-order valence-corrected chi connectivity index (χ2v) is 7.32. The van der Waals surface area contributed by atoms with Crippen LogP contribution in [-0.2, 0) is 6.61 Å². The van der Waals surface area contributed by atoms with Gasteiger partial charge < -0.3 is 10.4 Å². The minimum atomic E-state index is 0.122. The van der Waals surface area contributed by atoms with Gasteiger partial charge in [0.2, 0.25) is 0 Å². The molecule has 0 saturated heterocycles. The highest BCUT2D eigenvalue weighted by atomic mass is 16.3. The third-order valence-corrected chi connectivity index (χ3v) is 4.80. The van der Waals surface area contributed by atoms with Crippen LogP contribution >= 0.6 is 0 Å². The van der Waals surface area contributed by atoms with Crippen LogP contribution < -0.4 is 5.32 Å². The highest BCUT2D eigenvalue weighted by molar-refractivity contribution is 5.44. The molecule has 0 bridgehead atoms. The van der Waals surface area contributed by atoms with Crippen molar-refractivity contribution < 1.29 is 5.11 Å². The van der Waals surface area contributed by atoms with Gasteiger partial charge in [-0.05, 0) is 60.6 Å². The van der Waals surface area contributed by atoms with E-state index in [0.29, 0.717) is 5.41 Å². The summed E-state index contributed by atoms with van der Waals surface area (Å²) in [4.78, 5) is 0. The van der Waals surface area contributed by atoms with Crippen molar-refractivity contribution in [2.75, 3.05) is 11.9 Å². The van der Waals surface area contributed by atoms with Crippen molar-refractivity contribution in [1.82, 2.24) is 0 Å². The molecule has 1 aliphatic carbocycles. The van der Waals surface area contributed by atoms with E-state index in [-0.39, 0.29) is 6.61 Å². The van der Waals surface area contributed by atoms with E-state index >= 15 is 0 Å². The Morgan fingerprint density at radius 3 is 2.15 bits per heavy atom. The fraction of sp³-hybridized carbons (Fsp3) is 0.667. The van der Waals surface area contributed by atoms with Crippen molar-refractivity contribution in [1.29, 1.82) is 0 Å². The molecule has 1 aromatic rings. The molecular formula is C18H29NO. The predicted octanol–water partition coefficient (Wildman–Crippen LogP) is 4.44. The van der Waals surface area contributed by atoms with Gasteiger partial charge in [-0.3, -0.25) is 0 Å². The number of aliphatic hydroxyl groups is 1. The Kier molecular flexibility index (Phi) is 5.09. The minimum Gasteiger partial charge on any atom is -0.392 e. The smallest absolute Gasteiger partial charge is 0.0681 e. The molecule has 1 fully saturated rings. The van der Waals surface area contributed by atoms with Gasteiger partial charge in [-0.2, -0.15) is 0 Å². The summed E-state index contributed by atoms with van der Waals surface area (Å²) in [5, 5.41) is 12.6. The second-order valence-electron chi connectivity index (χ2n) is 7.32. The molecule has 1 aliphatic rings. The van der Waals surface area contributed by atoms with E-state index in [1.807, 2.05) is 12.1 Å². The number of rotatable bonds is 4. The van der Waals surface area contributed by atoms with Gasteiger partial charge in [0.25, 0.3) is 0 Å². The molecule has 0 aliphatic heterocycles. The van der Waals surface area contributed by atoms with Crippen LogP contribution in [0.25, 0.3) is 0 Å². The van der Waals surface area contributed by atoms with E-state index < -0.39 is 0 Å². The van der Waals surface area contributed by atoms with Gasteiger partial charge in [-0.1, -0.05) is 32.9 Å². The lowest BCUT2D eigenvalue weighted by Gasteiger charge is -2.37. The molecule has 0 atom stereocenters. The number of anilines is 1. The Morgan fingerprint density at radius 1 is 1.05 bits per heavy atom. The summed E-state index contributed by atoms with van der Waals surface area (Å²) in [6.45, 7) is 8.32. The Hall–Kier alpha value is -1.02. The van der Waals surface area contributed by atoms with Gasteiger partial charge in [-0.25, -0.2) is 0 Å². The fourth-order valence-electron chi connectivity index (χ4n) is 3.22. The average Bonchev–Trinajstić information content (AvgIpc) is 2.45. The Morgan fingerprint density at radius 2 is 1.65 bits per heavy atom. The summed E-state index contributed by atoms with van der Waals surface area (Å²) in [6.07, 6.45) is 5.45. The lowest BCUT2D eigenvalue weighted by molar-refractivity contribution is 0.153. The van der Waals surface area contributed by atoms with Crippen molar-refractivity contribution in [2.24, 2.45) is 17.3 Å². The normalized spacial score (nSPS) is 23.6. The molecule has 0 heterocycles. The summed E-state index contributed by atoms with van der Waals surface area (Å²) >= 11 is 0. The van der Waals surface area contributed by atoms with Crippen LogP contribution in [0.5, 0.6) is 0 Å². The molecule has 2 N–H and O–H groups in total. The van der Waals surface area contributed by atoms with E-state index in [4.69, 9.17) is 5.11 Å². The first-order valence-corrected chi connectivity index (χ1v) is 7.92. The van der Waals surface area contributed by atoms with Gasteiger partial charge in [0.05, 0.1) is 6.61 Å². The molecule has 1 aromatic carbocycles. The summed E-state index contributed by atoms with van der Waals surface area (Å²) in [5.74, 6) is 1.70. The second kappa shape index (κ2) is 6.62. The fourth-order valence-corrected chi connectivity index (χ4v) is 3.22. The van der Waals surface area contributed by atoms with Crippen LogP contribution in [0.1, 0.15) is 52.0 Å². The molecule has 0 unspecified atom stereocenters. The van der Waals surface area contributed by atoms with Gasteiger partial charge in [0, 0.05) is 12.2 Å². The molecule has 112 valence electrons. The molecule has 0 aromatic heterocycles. The number of benzene rings is 1. The molecule has 0 amide bonds. The maximum Gasteiger partial charge on any atom is 0.0681 e. The third kappa shape index (κ3) is 4.24. The van der Waals surface area contributed by atoms with Crippen molar-refractivity contribution in [2.45, 2.75) is 53.1 Å². The lowest BCUT2D eigenvalue weighted by atomic mass is 9.70. The van der Waals surface area contributed by atoms with Crippen molar-refractivity contribution in [3.05, 3.63) is 29.8 Å². The monoisotopic (exact) mass is 275 g/mol. The first kappa shape index (κ1) is 15.4. The van der Waals surface area contributed by atoms with Gasteiger partial charge in [0.15, 0.2) is 0 Å². The van der Waals surface area contributed by atoms with Crippen LogP contribution in [-0.4, -0.2) is 11.7 Å². The van der Waals surface area contributed by atoms with E-state index in [1.165, 1.54) is 31.4 Å². The van der Waals surface area contributed by atoms with Gasteiger partial charge in [0.1, 0.15) is 0 Å². The quantitative estimate of drug-likeness (QED) is 0.851. The van der Waals surface area contributed by atoms with E-state index in [2.05, 4.69) is 38.2 Å². The summed E-state index contributed by atoms with van der Waals surface area (Å²) in [7, 11) is 0. The largest absolute Gasteiger partial charge is 0.392 e. The molecule has 0 radical (unpaired) electrons. The third-order valence-electron chi connectivity index (χ3n) is 4.80. The van der Waals surface area contributed by atoms with Crippen molar-refractivity contribution in [3.8, 4) is 0 Å². The average molecular weight is 275 g/mol. The zero-order chi connectivity index (χ0) is 14.6. The maximum atomic E-state index is 9.03. The van der Waals surface area contributed by atoms with Crippen LogP contribution in [0.4, 0.5) is 5.69 Å². The minimum absolute atomic E-state index is 0.122. The Balaban J connectivity index is 1.75. The maximum absolute atomic E-state index is 9.03. The van der Waals surface area contributed by atoms with Crippen molar-refractivity contribution in [3.63, 3.8) is 0 Å². The zero-order valence-corrected chi connectivity index (χ0v) is 13.2. The van der Waals surface area contributed by atoms with Crippen LogP contribution in [0, 0.1) is 17.3 Å². The Labute approximate surface area is 123 Å². The highest BCUT2D eigenvalue weighted by Crippen LogP contribution is 2.39. The SMILES string of the molecule is CC(C)(C)C1CCC(CNc2ccc(CO)cc2)CC1. The van der Waals surface area contributed by atoms with Crippen molar-refractivity contribution >= 4 is 5.69 Å².